The van der Waals surface area contributed by atoms with Crippen LogP contribution in [0, 0.1) is 17.2 Å². The van der Waals surface area contributed by atoms with E-state index in [9.17, 15) is 0 Å². The van der Waals surface area contributed by atoms with Crippen molar-refractivity contribution in [1.29, 1.82) is 5.26 Å². The summed E-state index contributed by atoms with van der Waals surface area (Å²) in [4.78, 5) is 2.42. The van der Waals surface area contributed by atoms with Gasteiger partial charge in [0.2, 0.25) is 0 Å². The van der Waals surface area contributed by atoms with Crippen LogP contribution in [-0.2, 0) is 0 Å². The Bertz CT molecular complexity index is 372. The molecule has 0 unspecified atom stereocenters. The Morgan fingerprint density at radius 3 is 2.38 bits per heavy atom. The number of hydrogen-bond acceptors (Lipinski definition) is 2. The van der Waals surface area contributed by atoms with Crippen LogP contribution in [0.4, 0.5) is 5.69 Å². The van der Waals surface area contributed by atoms with Crippen LogP contribution >= 0.6 is 22.6 Å². The molecule has 1 aromatic rings. The molecule has 1 heterocycles. The number of benzene rings is 1. The van der Waals surface area contributed by atoms with Crippen molar-refractivity contribution < 1.29 is 0 Å². The predicted molar refractivity (Wildman–Crippen MR) is 75.0 cm³/mol. The summed E-state index contributed by atoms with van der Waals surface area (Å²) in [5.41, 5.74) is 2.00. The molecule has 0 spiro atoms. The lowest BCUT2D eigenvalue weighted by Crippen LogP contribution is -2.34. The van der Waals surface area contributed by atoms with Gasteiger partial charge in [-0.25, -0.2) is 0 Å². The van der Waals surface area contributed by atoms with Gasteiger partial charge in [-0.2, -0.15) is 5.26 Å². The second-order valence-electron chi connectivity index (χ2n) is 4.24. The van der Waals surface area contributed by atoms with E-state index in [1.165, 1.54) is 23.0 Å². The summed E-state index contributed by atoms with van der Waals surface area (Å²) < 4.78 is 1.28. The molecule has 0 bridgehead atoms. The number of piperidine rings is 1. The Morgan fingerprint density at radius 1 is 1.25 bits per heavy atom. The van der Waals surface area contributed by atoms with Gasteiger partial charge in [0.1, 0.15) is 0 Å². The van der Waals surface area contributed by atoms with Crippen LogP contribution in [-0.4, -0.2) is 17.5 Å². The van der Waals surface area contributed by atoms with Gasteiger partial charge in [-0.05, 0) is 43.0 Å². The van der Waals surface area contributed by atoms with Crippen molar-refractivity contribution in [2.24, 2.45) is 5.92 Å². The Morgan fingerprint density at radius 2 is 1.88 bits per heavy atom. The van der Waals surface area contributed by atoms with Gasteiger partial charge in [-0.1, -0.05) is 22.6 Å². The Kier molecular flexibility index (Phi) is 4.05. The first-order valence-corrected chi connectivity index (χ1v) is 7.17. The molecule has 1 aliphatic rings. The van der Waals surface area contributed by atoms with E-state index in [0.717, 1.165) is 24.6 Å². The lowest BCUT2D eigenvalue weighted by atomic mass is 9.98. The van der Waals surface area contributed by atoms with Gasteiger partial charge in [-0.15, -0.1) is 0 Å². The topological polar surface area (TPSA) is 27.0 Å². The molecule has 16 heavy (non-hydrogen) atoms. The monoisotopic (exact) mass is 326 g/mol. The Labute approximate surface area is 110 Å². The third-order valence-corrected chi connectivity index (χ3v) is 4.44. The smallest absolute Gasteiger partial charge is 0.0991 e. The van der Waals surface area contributed by atoms with Crippen LogP contribution in [0.2, 0.25) is 0 Å². The van der Waals surface area contributed by atoms with Crippen molar-refractivity contribution >= 4 is 28.3 Å². The molecule has 0 saturated carbocycles. The van der Waals surface area contributed by atoms with E-state index < -0.39 is 0 Å². The van der Waals surface area contributed by atoms with Gasteiger partial charge >= 0.3 is 0 Å². The number of halogens is 1. The molecule has 0 N–H and O–H groups in total. The van der Waals surface area contributed by atoms with Gasteiger partial charge in [0.25, 0.3) is 0 Å². The molecule has 0 radical (unpaired) electrons. The third-order valence-electron chi connectivity index (χ3n) is 3.19. The molecule has 0 atom stereocenters. The summed E-state index contributed by atoms with van der Waals surface area (Å²) in [7, 11) is 0. The molecule has 84 valence electrons. The van der Waals surface area contributed by atoms with Crippen molar-refractivity contribution in [3.05, 3.63) is 29.8 Å². The van der Waals surface area contributed by atoms with Crippen LogP contribution < -0.4 is 4.90 Å². The van der Waals surface area contributed by atoms with Gasteiger partial charge < -0.3 is 4.90 Å². The number of hydrogen-bond donors (Lipinski definition) is 0. The van der Waals surface area contributed by atoms with E-state index in [1.54, 1.807) is 0 Å². The number of nitrogens with zero attached hydrogens (tertiary/aromatic N) is 2. The highest BCUT2D eigenvalue weighted by molar-refractivity contribution is 14.1. The third kappa shape index (κ3) is 2.67. The van der Waals surface area contributed by atoms with Crippen molar-refractivity contribution in [1.82, 2.24) is 0 Å². The molecular weight excluding hydrogens is 311 g/mol. The number of anilines is 1. The Balaban J connectivity index is 2.00. The summed E-state index contributed by atoms with van der Waals surface area (Å²) in [5.74, 6) is 0.898. The highest BCUT2D eigenvalue weighted by atomic mass is 127. The fraction of sp³-hybridized carbons (Fsp3) is 0.462. The van der Waals surface area contributed by atoms with E-state index in [1.807, 2.05) is 12.1 Å². The molecular formula is C13H15IN2. The fourth-order valence-corrected chi connectivity index (χ4v) is 2.97. The largest absolute Gasteiger partial charge is 0.372 e. The number of nitriles is 1. The van der Waals surface area contributed by atoms with Gasteiger partial charge in [-0.3, -0.25) is 0 Å². The van der Waals surface area contributed by atoms with Crippen molar-refractivity contribution in [3.8, 4) is 6.07 Å². The summed E-state index contributed by atoms with van der Waals surface area (Å²) in [5, 5.41) is 8.74. The highest BCUT2D eigenvalue weighted by Gasteiger charge is 2.18. The van der Waals surface area contributed by atoms with Crippen LogP contribution in [0.25, 0.3) is 0 Å². The first-order chi connectivity index (χ1) is 7.83. The standard InChI is InChI=1S/C13H15IN2/c14-9-11-5-7-16(8-6-11)13-3-1-12(10-15)2-4-13/h1-4,11H,5-9H2. The van der Waals surface area contributed by atoms with E-state index in [-0.39, 0.29) is 0 Å². The van der Waals surface area contributed by atoms with Crippen LogP contribution in [0.1, 0.15) is 18.4 Å². The maximum atomic E-state index is 8.74. The van der Waals surface area contributed by atoms with E-state index in [4.69, 9.17) is 5.26 Å². The van der Waals surface area contributed by atoms with Crippen LogP contribution in [0.3, 0.4) is 0 Å². The normalized spacial score (nSPS) is 17.1. The molecule has 1 aliphatic heterocycles. The molecule has 0 aliphatic carbocycles. The summed E-state index contributed by atoms with van der Waals surface area (Å²) in [6.45, 7) is 2.30. The fourth-order valence-electron chi connectivity index (χ4n) is 2.09. The van der Waals surface area contributed by atoms with Crippen molar-refractivity contribution in [2.45, 2.75) is 12.8 Å². The average Bonchev–Trinajstić information content (AvgIpc) is 2.39. The zero-order valence-corrected chi connectivity index (χ0v) is 11.4. The maximum absolute atomic E-state index is 8.74. The van der Waals surface area contributed by atoms with Crippen LogP contribution in [0.15, 0.2) is 24.3 Å². The SMILES string of the molecule is N#Cc1ccc(N2CCC(CI)CC2)cc1. The molecule has 2 rings (SSSR count). The minimum atomic E-state index is 0.742. The minimum Gasteiger partial charge on any atom is -0.372 e. The summed E-state index contributed by atoms with van der Waals surface area (Å²) in [6, 6.07) is 10.1. The molecule has 3 heteroatoms. The Hall–Kier alpha value is -0.760. The molecule has 1 fully saturated rings. The molecule has 1 aromatic carbocycles. The van der Waals surface area contributed by atoms with E-state index in [0.29, 0.717) is 0 Å². The van der Waals surface area contributed by atoms with Crippen molar-refractivity contribution in [2.75, 3.05) is 22.4 Å². The molecule has 2 nitrogen and oxygen atoms in total. The second kappa shape index (κ2) is 5.53. The van der Waals surface area contributed by atoms with E-state index in [2.05, 4.69) is 45.7 Å². The minimum absolute atomic E-state index is 0.742. The first-order valence-electron chi connectivity index (χ1n) is 5.64. The zero-order chi connectivity index (χ0) is 11.4. The number of alkyl halides is 1. The summed E-state index contributed by atoms with van der Waals surface area (Å²) in [6.07, 6.45) is 2.59. The van der Waals surface area contributed by atoms with E-state index >= 15 is 0 Å². The zero-order valence-electron chi connectivity index (χ0n) is 9.19. The lowest BCUT2D eigenvalue weighted by Gasteiger charge is -2.32. The van der Waals surface area contributed by atoms with Gasteiger partial charge in [0, 0.05) is 23.2 Å². The van der Waals surface area contributed by atoms with Crippen LogP contribution in [0.5, 0.6) is 0 Å². The highest BCUT2D eigenvalue weighted by Crippen LogP contribution is 2.24. The molecule has 1 saturated heterocycles. The molecule has 0 aromatic heterocycles. The van der Waals surface area contributed by atoms with Crippen molar-refractivity contribution in [3.63, 3.8) is 0 Å². The van der Waals surface area contributed by atoms with Gasteiger partial charge in [0.15, 0.2) is 0 Å². The van der Waals surface area contributed by atoms with Gasteiger partial charge in [0.05, 0.1) is 11.6 Å². The second-order valence-corrected chi connectivity index (χ2v) is 5.12. The summed E-state index contributed by atoms with van der Waals surface area (Å²) >= 11 is 2.48. The predicted octanol–water partition coefficient (Wildman–Crippen LogP) is 3.21. The quantitative estimate of drug-likeness (QED) is 0.616. The number of rotatable bonds is 2. The lowest BCUT2D eigenvalue weighted by molar-refractivity contribution is 0.450. The maximum Gasteiger partial charge on any atom is 0.0991 e. The average molecular weight is 326 g/mol. The first kappa shape index (κ1) is 11.7. The molecule has 0 amide bonds.